The maximum absolute atomic E-state index is 13.5. The molecule has 0 fully saturated rings. The highest BCUT2D eigenvalue weighted by atomic mass is 32.1. The van der Waals surface area contributed by atoms with Gasteiger partial charge in [0.05, 0.1) is 6.54 Å². The molecule has 0 radical (unpaired) electrons. The number of hydrogen-bond acceptors (Lipinski definition) is 4. The average molecular weight is 463 g/mol. The van der Waals surface area contributed by atoms with Crippen LogP contribution in [0, 0.1) is 18.6 Å². The van der Waals surface area contributed by atoms with Crippen molar-refractivity contribution in [1.29, 1.82) is 0 Å². The van der Waals surface area contributed by atoms with Gasteiger partial charge < -0.3 is 4.90 Å². The number of hydrogen-bond donors (Lipinski definition) is 1. The standard InChI is InChI=1S/C25H26N4OS2/c1-18-7-6-10-21(15-18)24-26-27-25(31)29(24)17-23(30)28(16-22-12-11-19(2)32-22)14-13-20-8-4-3-5-9-20/h3-12,15H,13-14,16-17H2,1-2H3,(H,27,31). The lowest BCUT2D eigenvalue weighted by Crippen LogP contribution is -2.35. The number of H-pyrrole nitrogens is 1. The molecular formula is C25H26N4OS2. The highest BCUT2D eigenvalue weighted by Gasteiger charge is 2.19. The summed E-state index contributed by atoms with van der Waals surface area (Å²) in [6, 6.07) is 22.5. The number of thiophene rings is 1. The summed E-state index contributed by atoms with van der Waals surface area (Å²) in [4.78, 5) is 17.8. The second kappa shape index (κ2) is 10.1. The van der Waals surface area contributed by atoms with Crippen LogP contribution in [0.15, 0.2) is 66.7 Å². The highest BCUT2D eigenvalue weighted by Crippen LogP contribution is 2.21. The van der Waals surface area contributed by atoms with E-state index in [2.05, 4.69) is 41.4 Å². The first kappa shape index (κ1) is 22.2. The molecular weight excluding hydrogens is 436 g/mol. The van der Waals surface area contributed by atoms with Crippen LogP contribution in [-0.2, 0) is 24.3 Å². The maximum atomic E-state index is 13.5. The van der Waals surface area contributed by atoms with E-state index in [9.17, 15) is 4.79 Å². The summed E-state index contributed by atoms with van der Waals surface area (Å²) in [5.41, 5.74) is 3.29. The van der Waals surface area contributed by atoms with Gasteiger partial charge in [0.1, 0.15) is 6.54 Å². The van der Waals surface area contributed by atoms with Crippen molar-refractivity contribution < 1.29 is 4.79 Å². The van der Waals surface area contributed by atoms with E-state index in [1.54, 1.807) is 15.9 Å². The lowest BCUT2D eigenvalue weighted by molar-refractivity contribution is -0.132. The molecule has 0 spiro atoms. The molecule has 0 aliphatic carbocycles. The lowest BCUT2D eigenvalue weighted by atomic mass is 10.1. The third-order valence-corrected chi connectivity index (χ3v) is 6.63. The fourth-order valence-electron chi connectivity index (χ4n) is 3.66. The van der Waals surface area contributed by atoms with E-state index in [0.717, 1.165) is 17.5 Å². The first-order valence-corrected chi connectivity index (χ1v) is 11.8. The Bertz CT molecular complexity index is 1260. The molecule has 0 aliphatic heterocycles. The van der Waals surface area contributed by atoms with Crippen LogP contribution in [0.25, 0.3) is 11.4 Å². The van der Waals surface area contributed by atoms with Gasteiger partial charge in [-0.05, 0) is 56.2 Å². The average Bonchev–Trinajstić information content (AvgIpc) is 3.37. The molecule has 0 aliphatic rings. The van der Waals surface area contributed by atoms with E-state index >= 15 is 0 Å². The van der Waals surface area contributed by atoms with Gasteiger partial charge in [-0.15, -0.1) is 11.3 Å². The van der Waals surface area contributed by atoms with Gasteiger partial charge in [0.2, 0.25) is 5.91 Å². The number of nitrogens with one attached hydrogen (secondary N) is 1. The summed E-state index contributed by atoms with van der Waals surface area (Å²) in [7, 11) is 0. The molecule has 164 valence electrons. The Morgan fingerprint density at radius 2 is 1.91 bits per heavy atom. The van der Waals surface area contributed by atoms with Crippen LogP contribution in [0.4, 0.5) is 0 Å². The molecule has 0 unspecified atom stereocenters. The van der Waals surface area contributed by atoms with Crippen molar-refractivity contribution in [1.82, 2.24) is 19.7 Å². The van der Waals surface area contributed by atoms with Gasteiger partial charge in [-0.1, -0.05) is 54.1 Å². The van der Waals surface area contributed by atoms with Crippen molar-refractivity contribution in [2.24, 2.45) is 0 Å². The van der Waals surface area contributed by atoms with Crippen molar-refractivity contribution in [2.75, 3.05) is 6.54 Å². The number of rotatable bonds is 8. The zero-order valence-corrected chi connectivity index (χ0v) is 19.9. The topological polar surface area (TPSA) is 53.9 Å². The fourth-order valence-corrected chi connectivity index (χ4v) is 4.77. The minimum Gasteiger partial charge on any atom is -0.336 e. The van der Waals surface area contributed by atoms with E-state index in [1.807, 2.05) is 54.3 Å². The van der Waals surface area contributed by atoms with E-state index in [1.165, 1.54) is 15.3 Å². The molecule has 0 atom stereocenters. The first-order valence-electron chi connectivity index (χ1n) is 10.6. The summed E-state index contributed by atoms with van der Waals surface area (Å²) < 4.78 is 2.24. The summed E-state index contributed by atoms with van der Waals surface area (Å²) in [6.07, 6.45) is 0.804. The van der Waals surface area contributed by atoms with Gasteiger partial charge in [-0.3, -0.25) is 14.5 Å². The van der Waals surface area contributed by atoms with Crippen molar-refractivity contribution >= 4 is 29.5 Å². The predicted molar refractivity (Wildman–Crippen MR) is 132 cm³/mol. The predicted octanol–water partition coefficient (Wildman–Crippen LogP) is 5.56. The number of aryl methyl sites for hydroxylation is 2. The Kier molecular flexibility index (Phi) is 6.97. The molecule has 0 saturated carbocycles. The van der Waals surface area contributed by atoms with E-state index < -0.39 is 0 Å². The van der Waals surface area contributed by atoms with E-state index in [-0.39, 0.29) is 12.5 Å². The first-order chi connectivity index (χ1) is 15.5. The Balaban J connectivity index is 1.57. The second-order valence-corrected chi connectivity index (χ2v) is 9.63. The third-order valence-electron chi connectivity index (χ3n) is 5.34. The summed E-state index contributed by atoms with van der Waals surface area (Å²) in [6.45, 7) is 5.51. The van der Waals surface area contributed by atoms with Gasteiger partial charge in [0.15, 0.2) is 10.6 Å². The highest BCUT2D eigenvalue weighted by molar-refractivity contribution is 7.71. The molecule has 32 heavy (non-hydrogen) atoms. The molecule has 1 amide bonds. The SMILES string of the molecule is Cc1cccc(-c2n[nH]c(=S)n2CC(=O)N(CCc2ccccc2)Cc2ccc(C)s2)c1. The molecule has 2 aromatic heterocycles. The minimum absolute atomic E-state index is 0.0263. The number of benzene rings is 2. The molecule has 2 heterocycles. The zero-order valence-electron chi connectivity index (χ0n) is 18.2. The Morgan fingerprint density at radius 3 is 2.62 bits per heavy atom. The molecule has 0 bridgehead atoms. The zero-order chi connectivity index (χ0) is 22.5. The van der Waals surface area contributed by atoms with Crippen molar-refractivity contribution in [3.05, 3.63) is 92.4 Å². The van der Waals surface area contributed by atoms with Crippen molar-refractivity contribution in [2.45, 2.75) is 33.4 Å². The monoisotopic (exact) mass is 462 g/mol. The van der Waals surface area contributed by atoms with Gasteiger partial charge in [-0.2, -0.15) is 5.10 Å². The Labute approximate surface area is 197 Å². The number of carbonyl (C=O) groups is 1. The van der Waals surface area contributed by atoms with Crippen LogP contribution < -0.4 is 0 Å². The molecule has 4 aromatic rings. The van der Waals surface area contributed by atoms with Crippen LogP contribution >= 0.6 is 23.6 Å². The number of amides is 1. The van der Waals surface area contributed by atoms with Crippen molar-refractivity contribution in [3.8, 4) is 11.4 Å². The number of carbonyl (C=O) groups excluding carboxylic acids is 1. The van der Waals surface area contributed by atoms with Crippen LogP contribution in [0.2, 0.25) is 0 Å². The maximum Gasteiger partial charge on any atom is 0.243 e. The second-order valence-electron chi connectivity index (χ2n) is 7.87. The molecule has 2 aromatic carbocycles. The van der Waals surface area contributed by atoms with Crippen LogP contribution in [0.5, 0.6) is 0 Å². The minimum atomic E-state index is 0.0263. The smallest absolute Gasteiger partial charge is 0.243 e. The summed E-state index contributed by atoms with van der Waals surface area (Å²) in [5, 5.41) is 7.25. The Hall–Kier alpha value is -3.03. The van der Waals surface area contributed by atoms with Gasteiger partial charge >= 0.3 is 0 Å². The molecule has 5 nitrogen and oxygen atoms in total. The third kappa shape index (κ3) is 5.41. The molecule has 0 saturated heterocycles. The largest absolute Gasteiger partial charge is 0.336 e. The molecule has 7 heteroatoms. The van der Waals surface area contributed by atoms with E-state index in [4.69, 9.17) is 12.2 Å². The number of aromatic amines is 1. The van der Waals surface area contributed by atoms with Crippen LogP contribution in [0.1, 0.15) is 20.9 Å². The van der Waals surface area contributed by atoms with Crippen molar-refractivity contribution in [3.63, 3.8) is 0 Å². The summed E-state index contributed by atoms with van der Waals surface area (Å²) >= 11 is 7.19. The lowest BCUT2D eigenvalue weighted by Gasteiger charge is -2.23. The molecule has 4 rings (SSSR count). The molecule has 1 N–H and O–H groups in total. The van der Waals surface area contributed by atoms with Gasteiger partial charge in [0.25, 0.3) is 0 Å². The normalized spacial score (nSPS) is 10.9. The van der Waals surface area contributed by atoms with Gasteiger partial charge in [0, 0.05) is 21.9 Å². The number of aromatic nitrogens is 3. The van der Waals surface area contributed by atoms with Gasteiger partial charge in [-0.25, -0.2) is 0 Å². The van der Waals surface area contributed by atoms with Crippen LogP contribution in [-0.4, -0.2) is 32.1 Å². The Morgan fingerprint density at radius 1 is 1.09 bits per heavy atom. The number of nitrogens with zero attached hydrogens (tertiary/aromatic N) is 3. The summed E-state index contributed by atoms with van der Waals surface area (Å²) in [5.74, 6) is 0.709. The van der Waals surface area contributed by atoms with Crippen LogP contribution in [0.3, 0.4) is 0 Å². The van der Waals surface area contributed by atoms with E-state index in [0.29, 0.717) is 23.7 Å². The fraction of sp³-hybridized carbons (Fsp3) is 0.240. The quantitative estimate of drug-likeness (QED) is 0.349.